The van der Waals surface area contributed by atoms with E-state index in [2.05, 4.69) is 0 Å². The zero-order valence-corrected chi connectivity index (χ0v) is 9.05. The Hall–Kier alpha value is -1.62. The summed E-state index contributed by atoms with van der Waals surface area (Å²) in [4.78, 5) is 10.4. The number of hydrogen-bond acceptors (Lipinski definition) is 4. The van der Waals surface area contributed by atoms with Gasteiger partial charge in [-0.25, -0.2) is 0 Å². The molecule has 1 aliphatic rings. The molecule has 2 atom stereocenters. The third-order valence-corrected chi connectivity index (χ3v) is 3.05. The van der Waals surface area contributed by atoms with Crippen LogP contribution in [-0.4, -0.2) is 18.6 Å². The number of ether oxygens (including phenoxy) is 1. The molecule has 0 radical (unpaired) electrons. The number of nitrogens with zero attached hydrogens (tertiary/aromatic N) is 1. The molecule has 1 saturated carbocycles. The lowest BCUT2D eigenvalue weighted by atomic mass is 10.1. The monoisotopic (exact) mass is 222 g/mol. The Balaban J connectivity index is 2.29. The van der Waals surface area contributed by atoms with Gasteiger partial charge in [0.1, 0.15) is 0 Å². The predicted molar refractivity (Wildman–Crippen MR) is 59.6 cm³/mol. The van der Waals surface area contributed by atoms with Gasteiger partial charge in [0, 0.05) is 6.07 Å². The molecule has 0 aliphatic heterocycles. The van der Waals surface area contributed by atoms with Gasteiger partial charge in [-0.3, -0.25) is 10.1 Å². The van der Waals surface area contributed by atoms with Crippen LogP contribution in [0, 0.1) is 16.0 Å². The predicted octanol–water partition coefficient (Wildman–Crippen LogP) is 1.67. The minimum absolute atomic E-state index is 0.0303. The molecule has 1 aromatic carbocycles. The largest absolute Gasteiger partial charge is 0.490 e. The van der Waals surface area contributed by atoms with Crippen LogP contribution in [0.3, 0.4) is 0 Å². The molecule has 0 bridgehead atoms. The van der Waals surface area contributed by atoms with Gasteiger partial charge in [0.25, 0.3) is 0 Å². The van der Waals surface area contributed by atoms with Gasteiger partial charge < -0.3 is 10.5 Å². The molecule has 5 nitrogen and oxygen atoms in total. The molecule has 1 aromatic rings. The van der Waals surface area contributed by atoms with Gasteiger partial charge in [-0.15, -0.1) is 0 Å². The van der Waals surface area contributed by atoms with Crippen LogP contribution in [0.15, 0.2) is 18.2 Å². The van der Waals surface area contributed by atoms with Gasteiger partial charge in [-0.05, 0) is 36.4 Å². The second kappa shape index (κ2) is 4.09. The standard InChI is InChI=1S/C11H14N2O3/c1-16-11-3-2-7(5-10(11)13(14)15)9-4-8(9)6-12/h2-3,5,8-9H,4,6,12H2,1H3/t8-,9-/m0/s1. The van der Waals surface area contributed by atoms with Crippen LogP contribution in [0.2, 0.25) is 0 Å². The molecular weight excluding hydrogens is 208 g/mol. The minimum atomic E-state index is -0.415. The lowest BCUT2D eigenvalue weighted by Crippen LogP contribution is -2.02. The van der Waals surface area contributed by atoms with Crippen molar-refractivity contribution in [2.24, 2.45) is 11.7 Å². The highest BCUT2D eigenvalue weighted by Crippen LogP contribution is 2.48. The first-order chi connectivity index (χ1) is 7.67. The molecule has 86 valence electrons. The average molecular weight is 222 g/mol. The molecule has 1 aliphatic carbocycles. The van der Waals surface area contributed by atoms with E-state index >= 15 is 0 Å². The van der Waals surface area contributed by atoms with Crippen molar-refractivity contribution in [1.82, 2.24) is 0 Å². The molecule has 16 heavy (non-hydrogen) atoms. The van der Waals surface area contributed by atoms with Crippen LogP contribution in [0.1, 0.15) is 17.9 Å². The lowest BCUT2D eigenvalue weighted by molar-refractivity contribution is -0.385. The van der Waals surface area contributed by atoms with Crippen LogP contribution in [0.5, 0.6) is 5.75 Å². The van der Waals surface area contributed by atoms with Crippen molar-refractivity contribution in [1.29, 1.82) is 0 Å². The maximum atomic E-state index is 10.8. The fourth-order valence-corrected chi connectivity index (χ4v) is 2.00. The smallest absolute Gasteiger partial charge is 0.311 e. The summed E-state index contributed by atoms with van der Waals surface area (Å²) < 4.78 is 4.95. The molecule has 0 heterocycles. The van der Waals surface area contributed by atoms with E-state index in [1.165, 1.54) is 7.11 Å². The van der Waals surface area contributed by atoms with Crippen molar-refractivity contribution in [3.8, 4) is 5.75 Å². The summed E-state index contributed by atoms with van der Waals surface area (Å²) >= 11 is 0. The highest BCUT2D eigenvalue weighted by atomic mass is 16.6. The molecular formula is C11H14N2O3. The lowest BCUT2D eigenvalue weighted by Gasteiger charge is -2.04. The van der Waals surface area contributed by atoms with E-state index in [1.807, 2.05) is 6.07 Å². The molecule has 0 spiro atoms. The van der Waals surface area contributed by atoms with Crippen molar-refractivity contribution < 1.29 is 9.66 Å². The number of hydrogen-bond donors (Lipinski definition) is 1. The highest BCUT2D eigenvalue weighted by Gasteiger charge is 2.37. The van der Waals surface area contributed by atoms with Gasteiger partial charge in [-0.1, -0.05) is 6.07 Å². The SMILES string of the molecule is COc1ccc([C@@H]2C[C@H]2CN)cc1[N+](=O)[O-]. The van der Waals surface area contributed by atoms with E-state index < -0.39 is 4.92 Å². The van der Waals surface area contributed by atoms with Crippen LogP contribution >= 0.6 is 0 Å². The number of rotatable bonds is 4. The van der Waals surface area contributed by atoms with Gasteiger partial charge in [0.05, 0.1) is 12.0 Å². The normalized spacial score (nSPS) is 22.9. The Bertz CT molecular complexity index is 420. The van der Waals surface area contributed by atoms with E-state index in [-0.39, 0.29) is 5.69 Å². The van der Waals surface area contributed by atoms with Crippen LogP contribution in [0.25, 0.3) is 0 Å². The topological polar surface area (TPSA) is 78.4 Å². The van der Waals surface area contributed by atoms with E-state index in [1.54, 1.807) is 12.1 Å². The Labute approximate surface area is 93.4 Å². The van der Waals surface area contributed by atoms with Gasteiger partial charge in [0.2, 0.25) is 0 Å². The summed E-state index contributed by atoms with van der Waals surface area (Å²) in [5.41, 5.74) is 6.58. The van der Waals surface area contributed by atoms with Gasteiger partial charge in [-0.2, -0.15) is 0 Å². The quantitative estimate of drug-likeness (QED) is 0.620. The minimum Gasteiger partial charge on any atom is -0.490 e. The number of nitro groups is 1. The molecule has 0 aromatic heterocycles. The molecule has 1 fully saturated rings. The number of methoxy groups -OCH3 is 1. The van der Waals surface area contributed by atoms with E-state index in [9.17, 15) is 10.1 Å². The first kappa shape index (κ1) is 10.9. The summed E-state index contributed by atoms with van der Waals surface area (Å²) in [6.07, 6.45) is 1.03. The molecule has 0 saturated heterocycles. The van der Waals surface area contributed by atoms with Crippen LogP contribution < -0.4 is 10.5 Å². The maximum absolute atomic E-state index is 10.8. The van der Waals surface area contributed by atoms with Crippen molar-refractivity contribution >= 4 is 5.69 Å². The van der Waals surface area contributed by atoms with E-state index in [0.29, 0.717) is 24.1 Å². The number of benzene rings is 1. The molecule has 0 unspecified atom stereocenters. The first-order valence-electron chi connectivity index (χ1n) is 5.19. The molecule has 2 rings (SSSR count). The number of nitro benzene ring substituents is 1. The fraction of sp³-hybridized carbons (Fsp3) is 0.455. The fourth-order valence-electron chi connectivity index (χ4n) is 2.00. The average Bonchev–Trinajstić information content (AvgIpc) is 3.07. The third-order valence-electron chi connectivity index (χ3n) is 3.05. The van der Waals surface area contributed by atoms with Crippen molar-refractivity contribution in [2.75, 3.05) is 13.7 Å². The Morgan fingerprint density at radius 3 is 2.88 bits per heavy atom. The summed E-state index contributed by atoms with van der Waals surface area (Å²) in [5, 5.41) is 10.8. The van der Waals surface area contributed by atoms with E-state index in [4.69, 9.17) is 10.5 Å². The zero-order chi connectivity index (χ0) is 11.7. The number of nitrogens with two attached hydrogens (primary N) is 1. The second-order valence-electron chi connectivity index (χ2n) is 4.03. The Morgan fingerprint density at radius 2 is 2.38 bits per heavy atom. The van der Waals surface area contributed by atoms with Crippen molar-refractivity contribution in [3.05, 3.63) is 33.9 Å². The summed E-state index contributed by atoms with van der Waals surface area (Å²) in [6, 6.07) is 5.13. The summed E-state index contributed by atoms with van der Waals surface area (Å²) in [6.45, 7) is 0.643. The second-order valence-corrected chi connectivity index (χ2v) is 4.03. The van der Waals surface area contributed by atoms with Gasteiger partial charge in [0.15, 0.2) is 5.75 Å². The van der Waals surface area contributed by atoms with Crippen molar-refractivity contribution in [2.45, 2.75) is 12.3 Å². The van der Waals surface area contributed by atoms with Crippen molar-refractivity contribution in [3.63, 3.8) is 0 Å². The summed E-state index contributed by atoms with van der Waals surface area (Å²) in [7, 11) is 1.43. The summed E-state index contributed by atoms with van der Waals surface area (Å²) in [5.74, 6) is 1.17. The molecule has 2 N–H and O–H groups in total. The molecule has 0 amide bonds. The maximum Gasteiger partial charge on any atom is 0.311 e. The molecule has 5 heteroatoms. The Kier molecular flexibility index (Phi) is 2.78. The van der Waals surface area contributed by atoms with E-state index in [0.717, 1.165) is 12.0 Å². The third kappa shape index (κ3) is 1.86. The zero-order valence-electron chi connectivity index (χ0n) is 9.05. The van der Waals surface area contributed by atoms with Gasteiger partial charge >= 0.3 is 5.69 Å². The highest BCUT2D eigenvalue weighted by molar-refractivity contribution is 5.50. The Morgan fingerprint density at radius 1 is 1.62 bits per heavy atom. The van der Waals surface area contributed by atoms with Crippen LogP contribution in [0.4, 0.5) is 5.69 Å². The van der Waals surface area contributed by atoms with Crippen LogP contribution in [-0.2, 0) is 0 Å². The first-order valence-corrected chi connectivity index (χ1v) is 5.19.